The van der Waals surface area contributed by atoms with Gasteiger partial charge in [0.25, 0.3) is 0 Å². The molecular formula is C22H25F3N6O2. The van der Waals surface area contributed by atoms with Gasteiger partial charge in [0.1, 0.15) is 17.0 Å². The number of fused-ring (bicyclic) bond motifs is 1. The summed E-state index contributed by atoms with van der Waals surface area (Å²) in [5.41, 5.74) is 0.274. The molecule has 0 aliphatic heterocycles. The Labute approximate surface area is 187 Å². The van der Waals surface area contributed by atoms with Gasteiger partial charge in [0, 0.05) is 18.2 Å². The van der Waals surface area contributed by atoms with E-state index in [0.29, 0.717) is 54.9 Å². The maximum absolute atomic E-state index is 14.3. The predicted molar refractivity (Wildman–Crippen MR) is 116 cm³/mol. The highest BCUT2D eigenvalue weighted by Gasteiger charge is 2.32. The molecule has 0 bridgehead atoms. The molecule has 2 fully saturated rings. The third-order valence-electron chi connectivity index (χ3n) is 6.48. The summed E-state index contributed by atoms with van der Waals surface area (Å²) in [6, 6.07) is 0.910. The fourth-order valence-corrected chi connectivity index (χ4v) is 4.76. The fraction of sp³-hybridized carbons (Fsp3) is 0.500. The molecular weight excluding hydrogens is 437 g/mol. The van der Waals surface area contributed by atoms with Crippen molar-refractivity contribution < 1.29 is 23.4 Å². The molecule has 1 unspecified atom stereocenters. The lowest BCUT2D eigenvalue weighted by molar-refractivity contribution is 0.126. The number of halogens is 3. The molecule has 2 aromatic heterocycles. The summed E-state index contributed by atoms with van der Waals surface area (Å²) >= 11 is 0. The van der Waals surface area contributed by atoms with Crippen molar-refractivity contribution in [2.75, 3.05) is 10.6 Å². The Kier molecular flexibility index (Phi) is 5.83. The minimum atomic E-state index is -1.09. The number of nitrogens with zero attached hydrogens (tertiary/aromatic N) is 4. The van der Waals surface area contributed by atoms with Crippen molar-refractivity contribution in [3.63, 3.8) is 0 Å². The van der Waals surface area contributed by atoms with Gasteiger partial charge in [-0.3, -0.25) is 4.57 Å². The average molecular weight is 462 g/mol. The number of benzene rings is 1. The standard InChI is InChI=1S/C22H25F3N6O2/c23-11-8-14(24)19(15(25)9-11)29-22-28-16-10-26-21(27-12-4-6-13(32)7-5-12)30-20(16)31(22)17-2-1-3-18(17)33/h8-10,12-13,17-18,32-33H,1-7H2,(H,28,29)(H,26,27,30)/t12-,13-,17?,18-/m0/s1. The normalized spacial score (nSPS) is 25.5. The lowest BCUT2D eigenvalue weighted by atomic mass is 9.93. The smallest absolute Gasteiger partial charge is 0.224 e. The average Bonchev–Trinajstić information content (AvgIpc) is 3.34. The quantitative estimate of drug-likeness (QED) is 0.457. The number of anilines is 3. The van der Waals surface area contributed by atoms with Gasteiger partial charge in [-0.25, -0.2) is 23.1 Å². The zero-order chi connectivity index (χ0) is 23.1. The van der Waals surface area contributed by atoms with E-state index in [1.165, 1.54) is 6.20 Å². The second-order valence-electron chi connectivity index (χ2n) is 8.79. The zero-order valence-electron chi connectivity index (χ0n) is 17.8. The number of imidazole rings is 1. The van der Waals surface area contributed by atoms with Crippen LogP contribution in [0.5, 0.6) is 0 Å². The van der Waals surface area contributed by atoms with Crippen LogP contribution in [-0.2, 0) is 0 Å². The minimum absolute atomic E-state index is 0.0904. The van der Waals surface area contributed by atoms with Crippen LogP contribution in [0, 0.1) is 17.5 Å². The van der Waals surface area contributed by atoms with Gasteiger partial charge in [-0.1, -0.05) is 0 Å². The molecule has 3 aromatic rings. The van der Waals surface area contributed by atoms with Crippen LogP contribution >= 0.6 is 0 Å². The highest BCUT2D eigenvalue weighted by Crippen LogP contribution is 2.37. The molecule has 11 heteroatoms. The van der Waals surface area contributed by atoms with Gasteiger partial charge >= 0.3 is 0 Å². The van der Waals surface area contributed by atoms with E-state index in [1.54, 1.807) is 4.57 Å². The maximum Gasteiger partial charge on any atom is 0.224 e. The van der Waals surface area contributed by atoms with Gasteiger partial charge in [-0.05, 0) is 44.9 Å². The summed E-state index contributed by atoms with van der Waals surface area (Å²) < 4.78 is 43.6. The molecule has 0 amide bonds. The first-order valence-corrected chi connectivity index (χ1v) is 11.2. The van der Waals surface area contributed by atoms with Gasteiger partial charge in [-0.2, -0.15) is 4.98 Å². The second-order valence-corrected chi connectivity index (χ2v) is 8.79. The molecule has 1 aromatic carbocycles. The van der Waals surface area contributed by atoms with E-state index in [0.717, 1.165) is 19.3 Å². The van der Waals surface area contributed by atoms with E-state index in [4.69, 9.17) is 0 Å². The predicted octanol–water partition coefficient (Wildman–Crippen LogP) is 3.79. The topological polar surface area (TPSA) is 108 Å². The summed E-state index contributed by atoms with van der Waals surface area (Å²) in [6.45, 7) is 0. The monoisotopic (exact) mass is 462 g/mol. The molecule has 2 atom stereocenters. The lowest BCUT2D eigenvalue weighted by Gasteiger charge is -2.26. The van der Waals surface area contributed by atoms with Crippen LogP contribution in [0.2, 0.25) is 0 Å². The number of aliphatic hydroxyl groups excluding tert-OH is 2. The van der Waals surface area contributed by atoms with Crippen molar-refractivity contribution in [3.8, 4) is 0 Å². The molecule has 2 saturated carbocycles. The van der Waals surface area contributed by atoms with Crippen LogP contribution in [0.1, 0.15) is 51.0 Å². The number of nitrogens with one attached hydrogen (secondary N) is 2. The molecule has 0 spiro atoms. The van der Waals surface area contributed by atoms with Crippen molar-refractivity contribution >= 4 is 28.7 Å². The summed E-state index contributed by atoms with van der Waals surface area (Å²) in [5, 5.41) is 26.2. The molecule has 2 aliphatic carbocycles. The van der Waals surface area contributed by atoms with Gasteiger partial charge in [0.2, 0.25) is 11.9 Å². The molecule has 33 heavy (non-hydrogen) atoms. The highest BCUT2D eigenvalue weighted by molar-refractivity contribution is 5.77. The third-order valence-corrected chi connectivity index (χ3v) is 6.48. The highest BCUT2D eigenvalue weighted by atomic mass is 19.1. The maximum atomic E-state index is 14.3. The number of hydrogen-bond donors (Lipinski definition) is 4. The Balaban J connectivity index is 1.53. The third kappa shape index (κ3) is 4.34. The summed E-state index contributed by atoms with van der Waals surface area (Å²) in [5.74, 6) is -2.74. The van der Waals surface area contributed by atoms with Gasteiger partial charge in [0.15, 0.2) is 17.3 Å². The van der Waals surface area contributed by atoms with E-state index < -0.39 is 35.3 Å². The van der Waals surface area contributed by atoms with E-state index in [2.05, 4.69) is 25.6 Å². The van der Waals surface area contributed by atoms with Gasteiger partial charge in [-0.15, -0.1) is 0 Å². The molecule has 8 nitrogen and oxygen atoms in total. The summed E-state index contributed by atoms with van der Waals surface area (Å²) in [4.78, 5) is 13.3. The number of hydrogen-bond acceptors (Lipinski definition) is 7. The van der Waals surface area contributed by atoms with Crippen LogP contribution in [0.25, 0.3) is 11.2 Å². The van der Waals surface area contributed by atoms with Crippen molar-refractivity contribution in [3.05, 3.63) is 35.8 Å². The van der Waals surface area contributed by atoms with Crippen molar-refractivity contribution in [1.29, 1.82) is 0 Å². The Bertz CT molecular complexity index is 1140. The SMILES string of the molecule is O[C@H]1CCCC1n1c(Nc2c(F)cc(F)cc2F)nc2cnc(N[C@H]3CC[C@H](O)CC3)nc21. The second kappa shape index (κ2) is 8.79. The molecule has 5 rings (SSSR count). The Morgan fingerprint density at radius 2 is 1.67 bits per heavy atom. The van der Waals surface area contributed by atoms with Gasteiger partial charge < -0.3 is 20.8 Å². The molecule has 4 N–H and O–H groups in total. The van der Waals surface area contributed by atoms with E-state index in [-0.39, 0.29) is 18.1 Å². The van der Waals surface area contributed by atoms with E-state index >= 15 is 0 Å². The van der Waals surface area contributed by atoms with Crippen LogP contribution in [0.15, 0.2) is 18.3 Å². The molecule has 0 radical (unpaired) electrons. The number of aromatic nitrogens is 4. The Morgan fingerprint density at radius 3 is 2.33 bits per heavy atom. The molecule has 2 heterocycles. The van der Waals surface area contributed by atoms with Crippen molar-refractivity contribution in [2.45, 2.75) is 69.2 Å². The lowest BCUT2D eigenvalue weighted by Crippen LogP contribution is -2.29. The molecule has 0 saturated heterocycles. The van der Waals surface area contributed by atoms with Crippen LogP contribution < -0.4 is 10.6 Å². The first-order valence-electron chi connectivity index (χ1n) is 11.2. The largest absolute Gasteiger partial charge is 0.393 e. The molecule has 176 valence electrons. The first-order chi connectivity index (χ1) is 15.9. The number of aliphatic hydroxyl groups is 2. The van der Waals surface area contributed by atoms with Gasteiger partial charge in [0.05, 0.1) is 24.4 Å². The summed E-state index contributed by atoms with van der Waals surface area (Å²) in [7, 11) is 0. The minimum Gasteiger partial charge on any atom is -0.393 e. The summed E-state index contributed by atoms with van der Waals surface area (Å²) in [6.07, 6.45) is 5.57. The first kappa shape index (κ1) is 21.9. The van der Waals surface area contributed by atoms with E-state index in [1.807, 2.05) is 0 Å². The fourth-order valence-electron chi connectivity index (χ4n) is 4.76. The van der Waals surface area contributed by atoms with Crippen molar-refractivity contribution in [2.24, 2.45) is 0 Å². The van der Waals surface area contributed by atoms with Crippen LogP contribution in [-0.4, -0.2) is 48.0 Å². The Morgan fingerprint density at radius 1 is 0.939 bits per heavy atom. The zero-order valence-corrected chi connectivity index (χ0v) is 17.8. The van der Waals surface area contributed by atoms with E-state index in [9.17, 15) is 23.4 Å². The molecule has 2 aliphatic rings. The van der Waals surface area contributed by atoms with Crippen molar-refractivity contribution in [1.82, 2.24) is 19.5 Å². The van der Waals surface area contributed by atoms with Crippen LogP contribution in [0.4, 0.5) is 30.8 Å². The Hall–Kier alpha value is -2.92. The number of rotatable bonds is 5. The van der Waals surface area contributed by atoms with Crippen LogP contribution in [0.3, 0.4) is 0 Å².